The van der Waals surface area contributed by atoms with Gasteiger partial charge in [0.25, 0.3) is 0 Å². The molecule has 1 nitrogen and oxygen atoms in total. The maximum absolute atomic E-state index is 13.9. The van der Waals surface area contributed by atoms with Crippen LogP contribution in [0.5, 0.6) is 0 Å². The lowest BCUT2D eigenvalue weighted by Crippen LogP contribution is -2.18. The van der Waals surface area contributed by atoms with E-state index < -0.39 is 0 Å². The van der Waals surface area contributed by atoms with Crippen molar-refractivity contribution >= 4 is 34.8 Å². The Labute approximate surface area is 570 Å². The molecule has 1 heterocycles. The Morgan fingerprint density at radius 2 is 0.533 bits per heavy atom. The molecule has 0 bridgehead atoms. The van der Waals surface area contributed by atoms with Crippen molar-refractivity contribution in [1.29, 1.82) is 0 Å². The van der Waals surface area contributed by atoms with Crippen molar-refractivity contribution in [2.24, 2.45) is 0 Å². The Morgan fingerprint density at radius 3 is 0.800 bits per heavy atom. The average molecular weight is 1290 g/mol. The van der Waals surface area contributed by atoms with Crippen LogP contribution in [-0.4, -0.2) is 4.98 Å². The number of halogens is 4. The molecule has 504 valence electrons. The first-order valence-corrected chi connectivity index (χ1v) is 34.2. The van der Waals surface area contributed by atoms with Crippen molar-refractivity contribution in [3.63, 3.8) is 0 Å². The second-order valence-electron chi connectivity index (χ2n) is 37.7. The van der Waals surface area contributed by atoms with E-state index in [-0.39, 0.29) is 70.8 Å². The minimum Gasteiger partial charge on any atom is -0.260 e. The molecule has 6 aromatic rings. The van der Waals surface area contributed by atoms with Crippen molar-refractivity contribution in [2.75, 3.05) is 0 Å². The summed E-state index contributed by atoms with van der Waals surface area (Å²) in [5.41, 5.74) is 19.1. The number of rotatable bonds is 0. The highest BCUT2D eigenvalue weighted by Gasteiger charge is 2.27. The summed E-state index contributed by atoms with van der Waals surface area (Å²) < 4.78 is 13.9. The number of pyridine rings is 1. The van der Waals surface area contributed by atoms with Crippen molar-refractivity contribution < 1.29 is 4.39 Å². The predicted octanol–water partition coefficient (Wildman–Crippen LogP) is 27.8. The van der Waals surface area contributed by atoms with Gasteiger partial charge in [-0.15, -0.1) is 0 Å². The fourth-order valence-electron chi connectivity index (χ4n) is 10.1. The van der Waals surface area contributed by atoms with Gasteiger partial charge < -0.3 is 0 Å². The highest BCUT2D eigenvalue weighted by Crippen LogP contribution is 2.40. The molecule has 0 N–H and O–H groups in total. The molecule has 0 saturated carbocycles. The first kappa shape index (κ1) is 84.1. The molecule has 0 radical (unpaired) electrons. The lowest BCUT2D eigenvalue weighted by atomic mass is 9.80. The molecule has 0 spiro atoms. The molecule has 0 aliphatic heterocycles. The molecular formula is C85H131Cl3FN. The van der Waals surface area contributed by atoms with Gasteiger partial charge in [0, 0.05) is 32.4 Å². The van der Waals surface area contributed by atoms with Crippen LogP contribution in [0.2, 0.25) is 15.1 Å². The van der Waals surface area contributed by atoms with E-state index in [2.05, 4.69) is 314 Å². The second-order valence-corrected chi connectivity index (χ2v) is 38.9. The lowest BCUT2D eigenvalue weighted by molar-refractivity contribution is 0.513. The standard InChI is InChI=1S/C15H24.C14H20Cl2.C14H21Cl.C14H21F.C14H23N.C14H22/c1-11-10-12(14(2,3)4)8-9-13(11)15(5,6)7;1-13(2,3)9-7-10(15)12(11(16)8-9)14(4,5)6;2*1-13(2,3)10-7-8-11(12(15)9-10)14(4,5)6;1-10-8-11(13(2,3)4)9-15-12(10)14(5,6)7;1-13(2,3)11-7-9-12(10-8-11)14(4,5)6/h8-10H,1-7H3;7-8H,1-6H3;2*7-9H,1-6H3;8-9H,1-7H3;7-10H,1-6H3. The smallest absolute Gasteiger partial charge is 0.127 e. The third-order valence-corrected chi connectivity index (χ3v) is 17.0. The van der Waals surface area contributed by atoms with Crippen LogP contribution in [-0.2, 0) is 65.0 Å². The molecule has 1 aromatic heterocycles. The van der Waals surface area contributed by atoms with E-state index in [9.17, 15) is 4.39 Å². The van der Waals surface area contributed by atoms with Gasteiger partial charge in [-0.1, -0.05) is 357 Å². The zero-order valence-corrected chi connectivity index (χ0v) is 67.0. The van der Waals surface area contributed by atoms with E-state index in [1.807, 2.05) is 51.2 Å². The predicted molar refractivity (Wildman–Crippen MR) is 405 cm³/mol. The van der Waals surface area contributed by atoms with Crippen LogP contribution in [0.3, 0.4) is 0 Å². The minimum absolute atomic E-state index is 0.0112. The number of benzene rings is 5. The van der Waals surface area contributed by atoms with Gasteiger partial charge in [-0.25, -0.2) is 4.39 Å². The van der Waals surface area contributed by atoms with Crippen LogP contribution in [0.1, 0.15) is 327 Å². The van der Waals surface area contributed by atoms with Crippen LogP contribution in [0.25, 0.3) is 0 Å². The summed E-state index contributed by atoms with van der Waals surface area (Å²) in [6, 6.07) is 34.3. The normalized spacial score (nSPS) is 13.0. The van der Waals surface area contributed by atoms with E-state index in [1.165, 1.54) is 61.3 Å². The monoisotopic (exact) mass is 1290 g/mol. The van der Waals surface area contributed by atoms with Gasteiger partial charge in [0.05, 0.1) is 0 Å². The Kier molecular flexibility index (Phi) is 28.6. The Morgan fingerprint density at radius 1 is 0.256 bits per heavy atom. The van der Waals surface area contributed by atoms with Gasteiger partial charge in [-0.05, 0) is 170 Å². The van der Waals surface area contributed by atoms with Crippen molar-refractivity contribution in [3.05, 3.63) is 202 Å². The summed E-state index contributed by atoms with van der Waals surface area (Å²) in [5, 5.41) is 2.42. The van der Waals surface area contributed by atoms with Crippen molar-refractivity contribution in [3.8, 4) is 0 Å². The molecule has 0 saturated heterocycles. The first-order valence-electron chi connectivity index (χ1n) is 33.0. The number of hydrogen-bond acceptors (Lipinski definition) is 1. The van der Waals surface area contributed by atoms with Gasteiger partial charge in [0.15, 0.2) is 0 Å². The fourth-order valence-corrected chi connectivity index (χ4v) is 11.6. The zero-order chi connectivity index (χ0) is 71.1. The molecule has 5 heteroatoms. The summed E-state index contributed by atoms with van der Waals surface area (Å²) in [5.74, 6) is -0.0880. The van der Waals surface area contributed by atoms with E-state index in [4.69, 9.17) is 34.8 Å². The molecule has 0 unspecified atom stereocenters. The fraction of sp³-hybridized carbons (Fsp3) is 0.588. The molecular weight excluding hydrogens is 1160 g/mol. The zero-order valence-electron chi connectivity index (χ0n) is 64.8. The van der Waals surface area contributed by atoms with E-state index in [1.54, 1.807) is 6.07 Å². The largest absolute Gasteiger partial charge is 0.260 e. The Balaban J connectivity index is 0.000000540. The average Bonchev–Trinajstić information content (AvgIpc) is 1.000. The molecule has 90 heavy (non-hydrogen) atoms. The molecule has 0 aliphatic carbocycles. The molecule has 0 atom stereocenters. The quantitative estimate of drug-likeness (QED) is 0.148. The number of hydrogen-bond donors (Lipinski definition) is 0. The van der Waals surface area contributed by atoms with Gasteiger partial charge >= 0.3 is 0 Å². The summed E-state index contributed by atoms with van der Waals surface area (Å²) in [7, 11) is 0. The van der Waals surface area contributed by atoms with Crippen LogP contribution in [0.4, 0.5) is 4.39 Å². The molecule has 5 aromatic carbocycles. The highest BCUT2D eigenvalue weighted by atomic mass is 35.5. The van der Waals surface area contributed by atoms with Crippen molar-refractivity contribution in [1.82, 2.24) is 4.98 Å². The van der Waals surface area contributed by atoms with Gasteiger partial charge in [0.1, 0.15) is 5.82 Å². The maximum atomic E-state index is 13.9. The summed E-state index contributed by atoms with van der Waals surface area (Å²) in [6.07, 6.45) is 2.02. The number of nitrogens with zero attached hydrogens (tertiary/aromatic N) is 1. The van der Waals surface area contributed by atoms with E-state index >= 15 is 0 Å². The van der Waals surface area contributed by atoms with Crippen LogP contribution in [0, 0.1) is 19.7 Å². The van der Waals surface area contributed by atoms with Crippen LogP contribution >= 0.6 is 34.8 Å². The van der Waals surface area contributed by atoms with E-state index in [0.29, 0.717) is 0 Å². The van der Waals surface area contributed by atoms with Crippen LogP contribution < -0.4 is 0 Å². The third kappa shape index (κ3) is 27.2. The second kappa shape index (κ2) is 30.6. The van der Waals surface area contributed by atoms with Gasteiger partial charge in [0.2, 0.25) is 0 Å². The topological polar surface area (TPSA) is 12.9 Å². The molecule has 0 fully saturated rings. The van der Waals surface area contributed by atoms with E-state index in [0.717, 1.165) is 31.8 Å². The molecule has 0 aliphatic rings. The third-order valence-electron chi connectivity index (χ3n) is 16.1. The minimum atomic E-state index is -0.125. The van der Waals surface area contributed by atoms with Gasteiger partial charge in [-0.2, -0.15) is 0 Å². The highest BCUT2D eigenvalue weighted by molar-refractivity contribution is 6.36. The summed E-state index contributed by atoms with van der Waals surface area (Å²) in [4.78, 5) is 4.62. The molecule has 0 amide bonds. The SMILES string of the molecule is CC(C)(C)c1cc(Cl)c(C(C)(C)C)c(Cl)c1.CC(C)(C)c1ccc(C(C)(C)C)c(Cl)c1.CC(C)(C)c1ccc(C(C)(C)C)c(F)c1.CC(C)(C)c1ccc(C(C)(C)C)cc1.Cc1cc(C(C)(C)C)ccc1C(C)(C)C.Cc1cc(C(C)(C)C)cnc1C(C)(C)C. The van der Waals surface area contributed by atoms with Gasteiger partial charge in [-0.3, -0.25) is 4.98 Å². The Hall–Kier alpha value is -3.95. The lowest BCUT2D eigenvalue weighted by Gasteiger charge is -2.26. The Bertz CT molecular complexity index is 2880. The molecule has 6 rings (SSSR count). The number of aryl methyl sites for hydroxylation is 2. The summed E-state index contributed by atoms with van der Waals surface area (Å²) >= 11 is 19.0. The first-order chi connectivity index (χ1) is 39.7. The number of aromatic nitrogens is 1. The van der Waals surface area contributed by atoms with Crippen molar-refractivity contribution in [2.45, 2.75) is 328 Å². The summed E-state index contributed by atoms with van der Waals surface area (Å²) in [6.45, 7) is 83.1. The van der Waals surface area contributed by atoms with Crippen LogP contribution in [0.15, 0.2) is 103 Å². The maximum Gasteiger partial charge on any atom is 0.127 e.